The number of hydrogen-bond donors (Lipinski definition) is 2. The molecule has 0 bridgehead atoms. The fraction of sp³-hybridized carbons (Fsp3) is 1.00. The van der Waals surface area contributed by atoms with E-state index in [9.17, 15) is 8.42 Å². The predicted molar refractivity (Wildman–Crippen MR) is 40.5 cm³/mol. The van der Waals surface area contributed by atoms with Crippen LogP contribution in [0.4, 0.5) is 0 Å². The Kier molecular flexibility index (Phi) is 5.39. The highest BCUT2D eigenvalue weighted by atomic mass is 32.2. The molecule has 6 heteroatoms. The summed E-state index contributed by atoms with van der Waals surface area (Å²) >= 11 is 0. The van der Waals surface area contributed by atoms with Gasteiger partial charge in [0, 0.05) is 0 Å². The van der Waals surface area contributed by atoms with Crippen molar-refractivity contribution in [3.63, 3.8) is 0 Å². The summed E-state index contributed by atoms with van der Waals surface area (Å²) in [5.74, 6) is -0.0611. The molecular formula is C5H13NO4S. The number of rotatable bonds is 6. The summed E-state index contributed by atoms with van der Waals surface area (Å²) in [4.78, 5) is 0. The Balaban J connectivity index is 3.56. The number of aliphatic hydroxyl groups is 1. The first-order valence-electron chi connectivity index (χ1n) is 3.25. The fourth-order valence-electron chi connectivity index (χ4n) is 0.565. The van der Waals surface area contributed by atoms with Crippen molar-refractivity contribution in [2.45, 2.75) is 6.42 Å². The minimum atomic E-state index is -3.49. The zero-order valence-corrected chi connectivity index (χ0v) is 7.23. The molecule has 68 valence electrons. The van der Waals surface area contributed by atoms with Gasteiger partial charge in [-0.15, -0.1) is 0 Å². The van der Waals surface area contributed by atoms with Crippen molar-refractivity contribution in [1.29, 1.82) is 0 Å². The Hall–Kier alpha value is -0.170. The lowest BCUT2D eigenvalue weighted by molar-refractivity contribution is 0.105. The smallest absolute Gasteiger partial charge is 0.269 e. The summed E-state index contributed by atoms with van der Waals surface area (Å²) in [5.41, 5.74) is 0. The summed E-state index contributed by atoms with van der Waals surface area (Å²) < 4.78 is 25.5. The van der Waals surface area contributed by atoms with Crippen LogP contribution < -0.4 is 5.32 Å². The first-order chi connectivity index (χ1) is 5.12. The molecule has 0 spiro atoms. The molecule has 0 saturated carbocycles. The molecule has 0 atom stereocenters. The first-order valence-corrected chi connectivity index (χ1v) is 4.82. The van der Waals surface area contributed by atoms with Gasteiger partial charge in [0.15, 0.2) is 6.79 Å². The molecule has 2 N–H and O–H groups in total. The maximum atomic E-state index is 10.7. The van der Waals surface area contributed by atoms with E-state index in [0.29, 0.717) is 13.0 Å². The van der Waals surface area contributed by atoms with E-state index in [1.165, 1.54) is 0 Å². The lowest BCUT2D eigenvalue weighted by Crippen LogP contribution is -2.16. The summed E-state index contributed by atoms with van der Waals surface area (Å²) in [6, 6.07) is 0. The normalized spacial score (nSPS) is 11.8. The molecule has 0 amide bonds. The van der Waals surface area contributed by atoms with Crippen molar-refractivity contribution >= 4 is 10.1 Å². The van der Waals surface area contributed by atoms with Crippen molar-refractivity contribution in [3.05, 3.63) is 0 Å². The second-order valence-electron chi connectivity index (χ2n) is 1.97. The molecule has 0 fully saturated rings. The van der Waals surface area contributed by atoms with Crippen molar-refractivity contribution in [2.75, 3.05) is 26.1 Å². The van der Waals surface area contributed by atoms with E-state index in [1.807, 2.05) is 0 Å². The Morgan fingerprint density at radius 2 is 2.18 bits per heavy atom. The van der Waals surface area contributed by atoms with Crippen LogP contribution in [0.3, 0.4) is 0 Å². The SMILES string of the molecule is CNCCCS(=O)(=O)OCO. The summed E-state index contributed by atoms with van der Waals surface area (Å²) in [6.45, 7) is -0.157. The second kappa shape index (κ2) is 5.48. The maximum absolute atomic E-state index is 10.7. The average Bonchev–Trinajstić information content (AvgIpc) is 1.87. The Labute approximate surface area is 66.5 Å². The molecule has 11 heavy (non-hydrogen) atoms. The largest absolute Gasteiger partial charge is 0.369 e. The molecule has 0 aromatic heterocycles. The van der Waals surface area contributed by atoms with E-state index < -0.39 is 16.9 Å². The standard InChI is InChI=1S/C5H13NO4S/c1-6-3-2-4-11(8,9)10-5-7/h6-7H,2-5H2,1H3. The molecule has 0 aromatic rings. The van der Waals surface area contributed by atoms with Gasteiger partial charge in [0.2, 0.25) is 0 Å². The van der Waals surface area contributed by atoms with Gasteiger partial charge in [0.1, 0.15) is 0 Å². The highest BCUT2D eigenvalue weighted by molar-refractivity contribution is 7.86. The first kappa shape index (κ1) is 10.8. The van der Waals surface area contributed by atoms with E-state index in [4.69, 9.17) is 5.11 Å². The molecular weight excluding hydrogens is 170 g/mol. The van der Waals surface area contributed by atoms with Gasteiger partial charge >= 0.3 is 0 Å². The molecule has 0 saturated heterocycles. The minimum Gasteiger partial charge on any atom is -0.369 e. The molecule has 0 unspecified atom stereocenters. The van der Waals surface area contributed by atoms with Crippen LogP contribution >= 0.6 is 0 Å². The number of hydrogen-bond acceptors (Lipinski definition) is 5. The van der Waals surface area contributed by atoms with Crippen LogP contribution in [0.5, 0.6) is 0 Å². The van der Waals surface area contributed by atoms with Crippen molar-refractivity contribution in [1.82, 2.24) is 5.32 Å². The van der Waals surface area contributed by atoms with Crippen LogP contribution in [0.25, 0.3) is 0 Å². The lowest BCUT2D eigenvalue weighted by Gasteiger charge is -2.01. The summed E-state index contributed by atoms with van der Waals surface area (Å²) in [6.07, 6.45) is 0.485. The van der Waals surface area contributed by atoms with Crippen LogP contribution in [0, 0.1) is 0 Å². The summed E-state index contributed by atoms with van der Waals surface area (Å²) in [5, 5.41) is 10.9. The third-order valence-electron chi connectivity index (χ3n) is 1.05. The van der Waals surface area contributed by atoms with Crippen molar-refractivity contribution in [3.8, 4) is 0 Å². The topological polar surface area (TPSA) is 75.6 Å². The van der Waals surface area contributed by atoms with Crippen LogP contribution in [-0.4, -0.2) is 39.7 Å². The van der Waals surface area contributed by atoms with Gasteiger partial charge in [-0.2, -0.15) is 8.42 Å². The van der Waals surface area contributed by atoms with Crippen molar-refractivity contribution < 1.29 is 17.7 Å². The van der Waals surface area contributed by atoms with Gasteiger partial charge in [-0.05, 0) is 20.0 Å². The van der Waals surface area contributed by atoms with E-state index >= 15 is 0 Å². The van der Waals surface area contributed by atoms with E-state index in [-0.39, 0.29) is 5.75 Å². The molecule has 0 aliphatic heterocycles. The van der Waals surface area contributed by atoms with Gasteiger partial charge in [-0.1, -0.05) is 0 Å². The van der Waals surface area contributed by atoms with Crippen LogP contribution in [0.15, 0.2) is 0 Å². The quantitative estimate of drug-likeness (QED) is 0.310. The third kappa shape index (κ3) is 6.24. The number of nitrogens with one attached hydrogen (secondary N) is 1. The van der Waals surface area contributed by atoms with E-state index in [0.717, 1.165) is 0 Å². The van der Waals surface area contributed by atoms with E-state index in [1.54, 1.807) is 7.05 Å². The van der Waals surface area contributed by atoms with Gasteiger partial charge < -0.3 is 10.4 Å². The molecule has 0 rings (SSSR count). The third-order valence-corrected chi connectivity index (χ3v) is 2.31. The molecule has 0 heterocycles. The van der Waals surface area contributed by atoms with Crippen LogP contribution in [0.1, 0.15) is 6.42 Å². The van der Waals surface area contributed by atoms with Gasteiger partial charge in [-0.3, -0.25) is 0 Å². The monoisotopic (exact) mass is 183 g/mol. The van der Waals surface area contributed by atoms with Gasteiger partial charge in [-0.25, -0.2) is 4.18 Å². The Morgan fingerprint density at radius 3 is 2.64 bits per heavy atom. The highest BCUT2D eigenvalue weighted by Crippen LogP contribution is 1.93. The molecule has 5 nitrogen and oxygen atoms in total. The Bertz CT molecular complexity index is 177. The zero-order valence-electron chi connectivity index (χ0n) is 6.41. The predicted octanol–water partition coefficient (Wildman–Crippen LogP) is -1.11. The zero-order chi connectivity index (χ0) is 8.74. The number of aliphatic hydroxyl groups excluding tert-OH is 1. The van der Waals surface area contributed by atoms with Crippen LogP contribution in [0.2, 0.25) is 0 Å². The average molecular weight is 183 g/mol. The molecule has 0 aliphatic carbocycles. The van der Waals surface area contributed by atoms with E-state index in [2.05, 4.69) is 9.50 Å². The summed E-state index contributed by atoms with van der Waals surface area (Å²) in [7, 11) is -1.76. The highest BCUT2D eigenvalue weighted by Gasteiger charge is 2.08. The molecule has 0 radical (unpaired) electrons. The lowest BCUT2D eigenvalue weighted by atomic mass is 10.5. The van der Waals surface area contributed by atoms with Crippen molar-refractivity contribution in [2.24, 2.45) is 0 Å². The van der Waals surface area contributed by atoms with Gasteiger partial charge in [0.05, 0.1) is 5.75 Å². The minimum absolute atomic E-state index is 0.0611. The Morgan fingerprint density at radius 1 is 1.55 bits per heavy atom. The molecule has 0 aliphatic rings. The molecule has 0 aromatic carbocycles. The maximum Gasteiger partial charge on any atom is 0.269 e. The van der Waals surface area contributed by atoms with Gasteiger partial charge in [0.25, 0.3) is 10.1 Å². The second-order valence-corrected chi connectivity index (χ2v) is 3.73. The fourth-order valence-corrected chi connectivity index (χ4v) is 1.34. The van der Waals surface area contributed by atoms with Crippen LogP contribution in [-0.2, 0) is 14.3 Å².